The second-order valence-corrected chi connectivity index (χ2v) is 9.83. The Kier molecular flexibility index (Phi) is 6.89. The Bertz CT molecular complexity index is 1030. The van der Waals surface area contributed by atoms with E-state index in [9.17, 15) is 14.4 Å². The summed E-state index contributed by atoms with van der Waals surface area (Å²) in [5, 5.41) is -0.454. The number of nitrogens with zero attached hydrogens (tertiary/aromatic N) is 2. The molecule has 7 heteroatoms. The van der Waals surface area contributed by atoms with E-state index in [-0.39, 0.29) is 12.1 Å². The first-order valence-electron chi connectivity index (χ1n) is 11.1. The molecule has 0 saturated carbocycles. The summed E-state index contributed by atoms with van der Waals surface area (Å²) >= 11 is 0.862. The summed E-state index contributed by atoms with van der Waals surface area (Å²) in [5.74, 6) is -1.04. The van der Waals surface area contributed by atoms with E-state index in [2.05, 4.69) is 50.8 Å². The Morgan fingerprint density at radius 2 is 1.91 bits per heavy atom. The number of imide groups is 1. The van der Waals surface area contributed by atoms with Crippen molar-refractivity contribution in [3.63, 3.8) is 0 Å². The molecule has 1 saturated heterocycles. The number of hydrogen-bond donors (Lipinski definition) is 0. The molecule has 172 valence electrons. The summed E-state index contributed by atoms with van der Waals surface area (Å²) in [6, 6.07) is 3.31. The van der Waals surface area contributed by atoms with Crippen LogP contribution in [0.15, 0.2) is 23.1 Å². The van der Waals surface area contributed by atoms with Crippen LogP contribution in [0, 0.1) is 6.92 Å². The zero-order valence-electron chi connectivity index (χ0n) is 19.9. The number of rotatable bonds is 6. The SMILES string of the molecule is CCCN1c2cc(C)c(/C=C3\SC(=O)N(C(C)C(=O)OCC)C3=O)cc2C(C)=CC1(C)C. The van der Waals surface area contributed by atoms with Gasteiger partial charge in [0.05, 0.1) is 17.1 Å². The summed E-state index contributed by atoms with van der Waals surface area (Å²) in [7, 11) is 0. The van der Waals surface area contributed by atoms with Crippen LogP contribution in [0.4, 0.5) is 10.5 Å². The number of carbonyl (C=O) groups is 3. The van der Waals surface area contributed by atoms with Crippen LogP contribution in [0.2, 0.25) is 0 Å². The summed E-state index contributed by atoms with van der Waals surface area (Å²) in [6.07, 6.45) is 5.08. The lowest BCUT2D eigenvalue weighted by Crippen LogP contribution is -2.45. The molecular weight excluding hydrogens is 424 g/mol. The number of ether oxygens (including phenoxy) is 1. The lowest BCUT2D eigenvalue weighted by molar-refractivity contribution is -0.150. The third-order valence-electron chi connectivity index (χ3n) is 5.94. The van der Waals surface area contributed by atoms with E-state index in [0.29, 0.717) is 4.91 Å². The Morgan fingerprint density at radius 1 is 1.22 bits per heavy atom. The molecule has 0 aliphatic carbocycles. The van der Waals surface area contributed by atoms with Crippen LogP contribution >= 0.6 is 11.8 Å². The second-order valence-electron chi connectivity index (χ2n) is 8.84. The third-order valence-corrected chi connectivity index (χ3v) is 6.82. The van der Waals surface area contributed by atoms with Gasteiger partial charge in [-0.05, 0) is 94.6 Å². The number of esters is 1. The lowest BCUT2D eigenvalue weighted by atomic mass is 9.86. The maximum Gasteiger partial charge on any atom is 0.329 e. The topological polar surface area (TPSA) is 66.9 Å². The van der Waals surface area contributed by atoms with Gasteiger partial charge in [-0.2, -0.15) is 0 Å². The number of anilines is 1. The smallest absolute Gasteiger partial charge is 0.329 e. The number of hydrogen-bond acceptors (Lipinski definition) is 6. The van der Waals surface area contributed by atoms with Crippen LogP contribution in [0.1, 0.15) is 64.7 Å². The second kappa shape index (κ2) is 9.14. The molecular formula is C25H32N2O4S. The van der Waals surface area contributed by atoms with Crippen LogP contribution in [0.3, 0.4) is 0 Å². The first-order valence-corrected chi connectivity index (χ1v) is 11.9. The Labute approximate surface area is 194 Å². The highest BCUT2D eigenvalue weighted by atomic mass is 32.2. The Hall–Kier alpha value is -2.54. The summed E-state index contributed by atoms with van der Waals surface area (Å²) < 4.78 is 4.98. The quantitative estimate of drug-likeness (QED) is 0.422. The maximum absolute atomic E-state index is 12.9. The van der Waals surface area contributed by atoms with Gasteiger partial charge in [-0.25, -0.2) is 4.79 Å². The van der Waals surface area contributed by atoms with E-state index < -0.39 is 23.2 Å². The predicted molar refractivity (Wildman–Crippen MR) is 130 cm³/mol. The molecule has 3 rings (SSSR count). The molecule has 6 nitrogen and oxygen atoms in total. The average molecular weight is 457 g/mol. The molecule has 2 amide bonds. The molecule has 0 spiro atoms. The molecule has 1 aromatic carbocycles. The van der Waals surface area contributed by atoms with Crippen molar-refractivity contribution < 1.29 is 19.1 Å². The van der Waals surface area contributed by atoms with Gasteiger partial charge < -0.3 is 9.64 Å². The van der Waals surface area contributed by atoms with Gasteiger partial charge in [0.25, 0.3) is 11.1 Å². The third kappa shape index (κ3) is 4.35. The normalized spacial score (nSPS) is 19.8. The highest BCUT2D eigenvalue weighted by molar-refractivity contribution is 8.18. The fourth-order valence-electron chi connectivity index (χ4n) is 4.36. The molecule has 2 aliphatic heterocycles. The molecule has 2 aliphatic rings. The van der Waals surface area contributed by atoms with Crippen LogP contribution in [0.25, 0.3) is 11.6 Å². The predicted octanol–water partition coefficient (Wildman–Crippen LogP) is 5.39. The van der Waals surface area contributed by atoms with Crippen molar-refractivity contribution in [2.24, 2.45) is 0 Å². The standard InChI is InChI=1S/C25H32N2O4S/c1-8-10-26-20-11-15(3)18(12-19(20)16(4)14-25(26,6)7)13-21-22(28)27(24(30)32-21)17(5)23(29)31-9-2/h11-14,17H,8-10H2,1-7H3/b21-13-. The number of benzene rings is 1. The van der Waals surface area contributed by atoms with Gasteiger partial charge in [-0.3, -0.25) is 14.5 Å². The van der Waals surface area contributed by atoms with Crippen molar-refractivity contribution in [1.29, 1.82) is 0 Å². The number of thioether (sulfide) groups is 1. The number of aryl methyl sites for hydroxylation is 1. The van der Waals surface area contributed by atoms with Crippen LogP contribution in [-0.4, -0.2) is 46.7 Å². The number of fused-ring (bicyclic) bond motifs is 1. The van der Waals surface area contributed by atoms with Crippen molar-refractivity contribution in [3.8, 4) is 0 Å². The lowest BCUT2D eigenvalue weighted by Gasteiger charge is -2.43. The minimum atomic E-state index is -0.951. The van der Waals surface area contributed by atoms with Crippen molar-refractivity contribution in [2.45, 2.75) is 66.5 Å². The zero-order chi connectivity index (χ0) is 23.8. The van der Waals surface area contributed by atoms with Gasteiger partial charge in [-0.15, -0.1) is 0 Å². The molecule has 1 fully saturated rings. The highest BCUT2D eigenvalue weighted by Gasteiger charge is 2.41. The largest absolute Gasteiger partial charge is 0.464 e. The van der Waals surface area contributed by atoms with E-state index in [1.165, 1.54) is 18.2 Å². The highest BCUT2D eigenvalue weighted by Crippen LogP contribution is 2.41. The molecule has 0 N–H and O–H groups in total. The molecule has 0 aromatic heterocycles. The van der Waals surface area contributed by atoms with Gasteiger partial charge in [0.1, 0.15) is 6.04 Å². The van der Waals surface area contributed by atoms with E-state index in [1.54, 1.807) is 13.0 Å². The first-order chi connectivity index (χ1) is 15.0. The van der Waals surface area contributed by atoms with Crippen molar-refractivity contribution in [1.82, 2.24) is 4.90 Å². The average Bonchev–Trinajstić information content (AvgIpc) is 2.98. The first kappa shape index (κ1) is 24.1. The molecule has 1 aromatic rings. The molecule has 32 heavy (non-hydrogen) atoms. The number of carbonyl (C=O) groups excluding carboxylic acids is 3. The van der Waals surface area contributed by atoms with E-state index in [0.717, 1.165) is 46.3 Å². The Balaban J connectivity index is 1.99. The minimum absolute atomic E-state index is 0.0764. The van der Waals surface area contributed by atoms with Gasteiger partial charge in [-0.1, -0.05) is 13.0 Å². The van der Waals surface area contributed by atoms with E-state index in [1.807, 2.05) is 6.92 Å². The molecule has 0 radical (unpaired) electrons. The van der Waals surface area contributed by atoms with Gasteiger partial charge in [0, 0.05) is 17.8 Å². The minimum Gasteiger partial charge on any atom is -0.464 e. The van der Waals surface area contributed by atoms with Crippen molar-refractivity contribution >= 4 is 46.2 Å². The summed E-state index contributed by atoms with van der Waals surface area (Å²) in [5.41, 5.74) is 5.36. The maximum atomic E-state index is 12.9. The Morgan fingerprint density at radius 3 is 2.53 bits per heavy atom. The fourth-order valence-corrected chi connectivity index (χ4v) is 5.25. The fraction of sp³-hybridized carbons (Fsp3) is 0.480. The monoisotopic (exact) mass is 456 g/mol. The summed E-state index contributed by atoms with van der Waals surface area (Å²) in [6.45, 7) is 15.1. The van der Waals surface area contributed by atoms with Crippen LogP contribution < -0.4 is 4.90 Å². The molecule has 0 bridgehead atoms. The van der Waals surface area contributed by atoms with Gasteiger partial charge in [0.2, 0.25) is 0 Å². The van der Waals surface area contributed by atoms with Gasteiger partial charge in [0.15, 0.2) is 0 Å². The van der Waals surface area contributed by atoms with Crippen molar-refractivity contribution in [3.05, 3.63) is 39.8 Å². The zero-order valence-corrected chi connectivity index (χ0v) is 20.8. The van der Waals surface area contributed by atoms with E-state index in [4.69, 9.17) is 4.74 Å². The molecule has 1 unspecified atom stereocenters. The van der Waals surface area contributed by atoms with E-state index >= 15 is 0 Å². The van der Waals surface area contributed by atoms with Crippen LogP contribution in [-0.2, 0) is 14.3 Å². The van der Waals surface area contributed by atoms with Gasteiger partial charge >= 0.3 is 5.97 Å². The molecule has 2 heterocycles. The van der Waals surface area contributed by atoms with Crippen LogP contribution in [0.5, 0.6) is 0 Å². The summed E-state index contributed by atoms with van der Waals surface area (Å²) in [4.78, 5) is 41.2. The molecule has 1 atom stereocenters. The number of allylic oxidation sites excluding steroid dienone is 1. The number of amides is 2. The van der Waals surface area contributed by atoms with Crippen molar-refractivity contribution in [2.75, 3.05) is 18.1 Å².